The minimum absolute atomic E-state index is 0.00968. The average molecular weight is 271 g/mol. The van der Waals surface area contributed by atoms with Gasteiger partial charge in [-0.05, 0) is 18.9 Å². The molecular formula is C14H19F2NO2. The summed E-state index contributed by atoms with van der Waals surface area (Å²) in [6, 6.07) is 1.85. The first-order valence-electron chi connectivity index (χ1n) is 6.24. The van der Waals surface area contributed by atoms with Crippen molar-refractivity contribution >= 4 is 11.7 Å². The van der Waals surface area contributed by atoms with E-state index < -0.39 is 17.6 Å². The van der Waals surface area contributed by atoms with E-state index >= 15 is 0 Å². The van der Waals surface area contributed by atoms with Crippen molar-refractivity contribution in [3.8, 4) is 0 Å². The van der Waals surface area contributed by atoms with Gasteiger partial charge in [0.1, 0.15) is 11.6 Å². The van der Waals surface area contributed by atoms with Crippen molar-refractivity contribution in [1.82, 2.24) is 0 Å². The summed E-state index contributed by atoms with van der Waals surface area (Å²) in [5, 5.41) is 2.96. The SMILES string of the molecule is CCC(C)C(C)Nc1cc(C(=O)OC)c(F)cc1F. The van der Waals surface area contributed by atoms with Crippen LogP contribution >= 0.6 is 0 Å². The molecule has 1 aromatic carbocycles. The number of methoxy groups -OCH3 is 1. The molecule has 0 amide bonds. The fourth-order valence-electron chi connectivity index (χ4n) is 1.67. The third-order valence-electron chi connectivity index (χ3n) is 3.34. The number of rotatable bonds is 5. The summed E-state index contributed by atoms with van der Waals surface area (Å²) < 4.78 is 31.6. The Labute approximate surface area is 112 Å². The molecule has 2 atom stereocenters. The highest BCUT2D eigenvalue weighted by Crippen LogP contribution is 2.22. The van der Waals surface area contributed by atoms with Crippen molar-refractivity contribution in [3.05, 3.63) is 29.3 Å². The first-order chi connectivity index (χ1) is 8.90. The van der Waals surface area contributed by atoms with Crippen LogP contribution in [0.5, 0.6) is 0 Å². The van der Waals surface area contributed by atoms with Gasteiger partial charge in [0.15, 0.2) is 0 Å². The van der Waals surface area contributed by atoms with Crippen molar-refractivity contribution in [3.63, 3.8) is 0 Å². The topological polar surface area (TPSA) is 38.3 Å². The van der Waals surface area contributed by atoms with E-state index in [9.17, 15) is 13.6 Å². The van der Waals surface area contributed by atoms with E-state index in [0.29, 0.717) is 12.0 Å². The highest BCUT2D eigenvalue weighted by Gasteiger charge is 2.18. The van der Waals surface area contributed by atoms with Gasteiger partial charge in [-0.3, -0.25) is 0 Å². The molecule has 106 valence electrons. The number of hydrogen-bond donors (Lipinski definition) is 1. The first kappa shape index (κ1) is 15.4. The predicted octanol–water partition coefficient (Wildman–Crippen LogP) is 3.60. The third-order valence-corrected chi connectivity index (χ3v) is 3.34. The van der Waals surface area contributed by atoms with E-state index in [1.54, 1.807) is 0 Å². The van der Waals surface area contributed by atoms with Gasteiger partial charge >= 0.3 is 5.97 Å². The van der Waals surface area contributed by atoms with Gasteiger partial charge in [0.25, 0.3) is 0 Å². The van der Waals surface area contributed by atoms with Crippen LogP contribution in [0.3, 0.4) is 0 Å². The van der Waals surface area contributed by atoms with Gasteiger partial charge in [-0.2, -0.15) is 0 Å². The lowest BCUT2D eigenvalue weighted by Gasteiger charge is -2.21. The maximum atomic E-state index is 13.7. The van der Waals surface area contributed by atoms with Crippen LogP contribution < -0.4 is 5.32 Å². The Hall–Kier alpha value is -1.65. The number of nitrogens with one attached hydrogen (secondary N) is 1. The Bertz CT molecular complexity index is 463. The third kappa shape index (κ3) is 3.66. The molecule has 0 bridgehead atoms. The lowest BCUT2D eigenvalue weighted by molar-refractivity contribution is 0.0595. The van der Waals surface area contributed by atoms with Gasteiger partial charge in [0.2, 0.25) is 0 Å². The Morgan fingerprint density at radius 1 is 1.32 bits per heavy atom. The van der Waals surface area contributed by atoms with Crippen LogP contribution in [0.25, 0.3) is 0 Å². The molecule has 0 spiro atoms. The monoisotopic (exact) mass is 271 g/mol. The lowest BCUT2D eigenvalue weighted by Crippen LogP contribution is -2.24. The highest BCUT2D eigenvalue weighted by atomic mass is 19.1. The standard InChI is InChI=1S/C14H19F2NO2/c1-5-8(2)9(3)17-13-6-10(14(18)19-4)11(15)7-12(13)16/h6-9,17H,5H2,1-4H3. The molecule has 0 aliphatic heterocycles. The molecule has 0 aliphatic rings. The zero-order valence-electron chi connectivity index (χ0n) is 11.6. The first-order valence-corrected chi connectivity index (χ1v) is 6.24. The van der Waals surface area contributed by atoms with Crippen molar-refractivity contribution < 1.29 is 18.3 Å². The summed E-state index contributed by atoms with van der Waals surface area (Å²) in [4.78, 5) is 11.4. The van der Waals surface area contributed by atoms with Gasteiger partial charge in [-0.15, -0.1) is 0 Å². The molecule has 0 radical (unpaired) electrons. The molecule has 19 heavy (non-hydrogen) atoms. The quantitative estimate of drug-likeness (QED) is 0.832. The molecule has 2 unspecified atom stereocenters. The molecule has 5 heteroatoms. The summed E-state index contributed by atoms with van der Waals surface area (Å²) in [5.74, 6) is -2.14. The smallest absolute Gasteiger partial charge is 0.340 e. The van der Waals surface area contributed by atoms with E-state index in [2.05, 4.69) is 10.1 Å². The number of esters is 1. The number of halogens is 2. The molecule has 0 aliphatic carbocycles. The zero-order valence-corrected chi connectivity index (χ0v) is 11.6. The summed E-state index contributed by atoms with van der Waals surface area (Å²) in [5.41, 5.74) is -0.169. The second-order valence-electron chi connectivity index (χ2n) is 4.62. The Balaban J connectivity index is 3.04. The van der Waals surface area contributed by atoms with Crippen LogP contribution in [-0.2, 0) is 4.74 Å². The number of hydrogen-bond acceptors (Lipinski definition) is 3. The minimum Gasteiger partial charge on any atom is -0.465 e. The molecular weight excluding hydrogens is 252 g/mol. The Kier molecular flexibility index (Phi) is 5.27. The molecule has 0 saturated carbocycles. The van der Waals surface area contributed by atoms with Gasteiger partial charge in [0.05, 0.1) is 18.4 Å². The molecule has 0 heterocycles. The van der Waals surface area contributed by atoms with Crippen molar-refractivity contribution in [2.24, 2.45) is 5.92 Å². The maximum absolute atomic E-state index is 13.7. The second-order valence-corrected chi connectivity index (χ2v) is 4.62. The summed E-state index contributed by atoms with van der Waals surface area (Å²) in [7, 11) is 1.15. The van der Waals surface area contributed by atoms with E-state index in [1.165, 1.54) is 0 Å². The van der Waals surface area contributed by atoms with Crippen LogP contribution in [0.4, 0.5) is 14.5 Å². The summed E-state index contributed by atoms with van der Waals surface area (Å²) in [6.45, 7) is 5.97. The molecule has 1 rings (SSSR count). The van der Waals surface area contributed by atoms with Gasteiger partial charge in [-0.25, -0.2) is 13.6 Å². The van der Waals surface area contributed by atoms with E-state index in [4.69, 9.17) is 0 Å². The Morgan fingerprint density at radius 2 is 1.95 bits per heavy atom. The molecule has 1 N–H and O–H groups in total. The summed E-state index contributed by atoms with van der Waals surface area (Å²) >= 11 is 0. The fourth-order valence-corrected chi connectivity index (χ4v) is 1.67. The molecule has 0 aromatic heterocycles. The van der Waals surface area contributed by atoms with Crippen LogP contribution in [0.1, 0.15) is 37.6 Å². The number of anilines is 1. The summed E-state index contributed by atoms with van der Waals surface area (Å²) in [6.07, 6.45) is 0.931. The fraction of sp³-hybridized carbons (Fsp3) is 0.500. The Morgan fingerprint density at radius 3 is 2.47 bits per heavy atom. The maximum Gasteiger partial charge on any atom is 0.340 e. The lowest BCUT2D eigenvalue weighted by atomic mass is 10.0. The van der Waals surface area contributed by atoms with Crippen LogP contribution in [-0.4, -0.2) is 19.1 Å². The van der Waals surface area contributed by atoms with Crippen LogP contribution in [0, 0.1) is 17.6 Å². The van der Waals surface area contributed by atoms with Gasteiger partial charge in [-0.1, -0.05) is 20.3 Å². The number of ether oxygens (including phenoxy) is 1. The average Bonchev–Trinajstić information content (AvgIpc) is 2.39. The van der Waals surface area contributed by atoms with E-state index in [0.717, 1.165) is 19.6 Å². The molecule has 0 fully saturated rings. The van der Waals surface area contributed by atoms with Gasteiger partial charge in [0, 0.05) is 12.1 Å². The van der Waals surface area contributed by atoms with Gasteiger partial charge < -0.3 is 10.1 Å². The second kappa shape index (κ2) is 6.50. The molecule has 0 saturated heterocycles. The predicted molar refractivity (Wildman–Crippen MR) is 70.2 cm³/mol. The molecule has 3 nitrogen and oxygen atoms in total. The van der Waals surface area contributed by atoms with Crippen LogP contribution in [0.15, 0.2) is 12.1 Å². The van der Waals surface area contributed by atoms with Crippen molar-refractivity contribution in [2.45, 2.75) is 33.2 Å². The van der Waals surface area contributed by atoms with E-state index in [-0.39, 0.29) is 17.3 Å². The largest absolute Gasteiger partial charge is 0.465 e. The normalized spacial score (nSPS) is 13.8. The van der Waals surface area contributed by atoms with E-state index in [1.807, 2.05) is 20.8 Å². The number of carbonyl (C=O) groups is 1. The minimum atomic E-state index is -0.925. The number of benzene rings is 1. The van der Waals surface area contributed by atoms with Crippen LogP contribution in [0.2, 0.25) is 0 Å². The van der Waals surface area contributed by atoms with Crippen molar-refractivity contribution in [1.29, 1.82) is 0 Å². The van der Waals surface area contributed by atoms with Crippen molar-refractivity contribution in [2.75, 3.05) is 12.4 Å². The zero-order chi connectivity index (χ0) is 14.6. The number of carbonyl (C=O) groups excluding carboxylic acids is 1. The highest BCUT2D eigenvalue weighted by molar-refractivity contribution is 5.90. The molecule has 1 aromatic rings.